The summed E-state index contributed by atoms with van der Waals surface area (Å²) < 4.78 is 18.3. The lowest BCUT2D eigenvalue weighted by atomic mass is 9.89. The number of benzene rings is 1. The van der Waals surface area contributed by atoms with Crippen molar-refractivity contribution < 1.29 is 9.13 Å². The Balaban J connectivity index is 1.84. The first-order valence-corrected chi connectivity index (χ1v) is 5.49. The van der Waals surface area contributed by atoms with Gasteiger partial charge in [0.15, 0.2) is 0 Å². The molecule has 1 aliphatic carbocycles. The van der Waals surface area contributed by atoms with Crippen molar-refractivity contribution in [2.75, 3.05) is 12.8 Å². The molecule has 0 radical (unpaired) electrons. The first-order valence-electron chi connectivity index (χ1n) is 5.49. The van der Waals surface area contributed by atoms with Crippen molar-refractivity contribution in [2.45, 2.75) is 31.5 Å². The summed E-state index contributed by atoms with van der Waals surface area (Å²) in [5.74, 6) is -0.345. The van der Waals surface area contributed by atoms with Crippen LogP contribution < -0.4 is 11.1 Å². The zero-order chi connectivity index (χ0) is 11.5. The molecule has 2 rings (SSSR count). The van der Waals surface area contributed by atoms with Crippen LogP contribution in [0.25, 0.3) is 0 Å². The Kier molecular flexibility index (Phi) is 3.41. The summed E-state index contributed by atoms with van der Waals surface area (Å²) in [5.41, 5.74) is 6.71. The normalized spacial score (nSPS) is 24.1. The number of methoxy groups -OCH3 is 1. The molecule has 1 fully saturated rings. The molecular weight excluding hydrogens is 207 g/mol. The van der Waals surface area contributed by atoms with Crippen LogP contribution in [0.2, 0.25) is 0 Å². The molecular formula is C12H17FN2O. The van der Waals surface area contributed by atoms with Crippen LogP contribution in [0, 0.1) is 5.82 Å². The monoisotopic (exact) mass is 224 g/mol. The van der Waals surface area contributed by atoms with Crippen molar-refractivity contribution in [2.24, 2.45) is 0 Å². The van der Waals surface area contributed by atoms with E-state index in [1.165, 1.54) is 6.07 Å². The lowest BCUT2D eigenvalue weighted by Gasteiger charge is -2.34. The molecule has 4 heteroatoms. The third kappa shape index (κ3) is 2.33. The van der Waals surface area contributed by atoms with Crippen LogP contribution in [0.15, 0.2) is 18.2 Å². The average molecular weight is 224 g/mol. The van der Waals surface area contributed by atoms with E-state index in [1.807, 2.05) is 6.07 Å². The molecule has 3 nitrogen and oxygen atoms in total. The summed E-state index contributed by atoms with van der Waals surface area (Å²) >= 11 is 0. The Bertz CT molecular complexity index is 364. The lowest BCUT2D eigenvalue weighted by Crippen LogP contribution is -2.44. The van der Waals surface area contributed by atoms with Gasteiger partial charge in [-0.25, -0.2) is 4.39 Å². The summed E-state index contributed by atoms with van der Waals surface area (Å²) in [7, 11) is 1.73. The number of nitrogen functional groups attached to an aromatic ring is 1. The maximum absolute atomic E-state index is 13.1. The number of hydrogen-bond acceptors (Lipinski definition) is 3. The number of para-hydroxylation sites is 1. The molecule has 3 N–H and O–H groups in total. The van der Waals surface area contributed by atoms with E-state index in [2.05, 4.69) is 5.32 Å². The highest BCUT2D eigenvalue weighted by atomic mass is 19.1. The maximum atomic E-state index is 13.1. The highest BCUT2D eigenvalue weighted by Crippen LogP contribution is 2.23. The van der Waals surface area contributed by atoms with Gasteiger partial charge in [-0.05, 0) is 24.5 Å². The van der Waals surface area contributed by atoms with Crippen molar-refractivity contribution in [3.63, 3.8) is 0 Å². The van der Waals surface area contributed by atoms with Gasteiger partial charge in [-0.1, -0.05) is 12.1 Å². The molecule has 1 aromatic carbocycles. The smallest absolute Gasteiger partial charge is 0.146 e. The Hall–Kier alpha value is -1.13. The fourth-order valence-corrected chi connectivity index (χ4v) is 1.91. The minimum absolute atomic E-state index is 0.248. The summed E-state index contributed by atoms with van der Waals surface area (Å²) in [5, 5.41) is 3.34. The average Bonchev–Trinajstić information content (AvgIpc) is 2.22. The van der Waals surface area contributed by atoms with E-state index in [9.17, 15) is 4.39 Å². The minimum atomic E-state index is -0.345. The molecule has 0 unspecified atom stereocenters. The van der Waals surface area contributed by atoms with Gasteiger partial charge in [-0.3, -0.25) is 0 Å². The fourth-order valence-electron chi connectivity index (χ4n) is 1.91. The maximum Gasteiger partial charge on any atom is 0.146 e. The van der Waals surface area contributed by atoms with Crippen molar-refractivity contribution in [3.05, 3.63) is 29.6 Å². The number of anilines is 1. The second-order valence-corrected chi connectivity index (χ2v) is 4.22. The number of halogens is 1. The van der Waals surface area contributed by atoms with Crippen molar-refractivity contribution in [1.29, 1.82) is 0 Å². The minimum Gasteiger partial charge on any atom is -0.396 e. The topological polar surface area (TPSA) is 47.3 Å². The summed E-state index contributed by atoms with van der Waals surface area (Å²) in [4.78, 5) is 0. The van der Waals surface area contributed by atoms with Gasteiger partial charge in [0.2, 0.25) is 0 Å². The van der Waals surface area contributed by atoms with Crippen molar-refractivity contribution >= 4 is 5.69 Å². The van der Waals surface area contributed by atoms with E-state index in [4.69, 9.17) is 10.5 Å². The van der Waals surface area contributed by atoms with E-state index >= 15 is 0 Å². The van der Waals surface area contributed by atoms with E-state index in [0.29, 0.717) is 18.7 Å². The number of rotatable bonds is 4. The van der Waals surface area contributed by atoms with E-state index in [-0.39, 0.29) is 11.5 Å². The first-order chi connectivity index (χ1) is 7.70. The Morgan fingerprint density at radius 1 is 1.50 bits per heavy atom. The van der Waals surface area contributed by atoms with E-state index in [1.54, 1.807) is 13.2 Å². The molecule has 0 spiro atoms. The third-order valence-corrected chi connectivity index (χ3v) is 3.15. The number of hydrogen-bond donors (Lipinski definition) is 2. The molecule has 88 valence electrons. The van der Waals surface area contributed by atoms with Gasteiger partial charge < -0.3 is 15.8 Å². The van der Waals surface area contributed by atoms with Gasteiger partial charge >= 0.3 is 0 Å². The van der Waals surface area contributed by atoms with Gasteiger partial charge in [0.1, 0.15) is 5.82 Å². The van der Waals surface area contributed by atoms with Crippen LogP contribution in [0.3, 0.4) is 0 Å². The van der Waals surface area contributed by atoms with Gasteiger partial charge in [0.05, 0.1) is 11.8 Å². The predicted octanol–water partition coefficient (Wildman–Crippen LogP) is 1.67. The molecule has 0 saturated heterocycles. The van der Waals surface area contributed by atoms with Gasteiger partial charge in [-0.15, -0.1) is 0 Å². The second kappa shape index (κ2) is 4.80. The lowest BCUT2D eigenvalue weighted by molar-refractivity contribution is 0.0170. The summed E-state index contributed by atoms with van der Waals surface area (Å²) in [6.45, 7) is 0.616. The predicted molar refractivity (Wildman–Crippen MR) is 61.5 cm³/mol. The molecule has 0 amide bonds. The molecule has 0 heterocycles. The molecule has 16 heavy (non-hydrogen) atoms. The highest BCUT2D eigenvalue weighted by molar-refractivity contribution is 5.47. The van der Waals surface area contributed by atoms with Crippen LogP contribution in [-0.2, 0) is 11.3 Å². The van der Waals surface area contributed by atoms with Gasteiger partial charge in [0, 0.05) is 19.7 Å². The van der Waals surface area contributed by atoms with Crippen LogP contribution in [0.5, 0.6) is 0 Å². The summed E-state index contributed by atoms with van der Waals surface area (Å²) in [6, 6.07) is 5.37. The highest BCUT2D eigenvalue weighted by Gasteiger charge is 2.28. The van der Waals surface area contributed by atoms with Crippen LogP contribution >= 0.6 is 0 Å². The zero-order valence-corrected chi connectivity index (χ0v) is 9.37. The fraction of sp³-hybridized carbons (Fsp3) is 0.500. The largest absolute Gasteiger partial charge is 0.396 e. The third-order valence-electron chi connectivity index (χ3n) is 3.15. The van der Waals surface area contributed by atoms with E-state index in [0.717, 1.165) is 18.4 Å². The summed E-state index contributed by atoms with van der Waals surface area (Å²) in [6.07, 6.45) is 2.42. The molecule has 1 aromatic rings. The molecule has 0 bridgehead atoms. The van der Waals surface area contributed by atoms with E-state index < -0.39 is 0 Å². The molecule has 1 aliphatic rings. The standard InChI is InChI=1S/C12H17FN2O/c1-16-10-5-9(6-10)15-7-8-3-2-4-11(13)12(8)14/h2-4,9-10,15H,5-7,14H2,1H3. The quantitative estimate of drug-likeness (QED) is 0.765. The van der Waals surface area contributed by atoms with Gasteiger partial charge in [-0.2, -0.15) is 0 Å². The first kappa shape index (κ1) is 11.4. The number of nitrogens with two attached hydrogens (primary N) is 1. The van der Waals surface area contributed by atoms with Crippen LogP contribution in [0.1, 0.15) is 18.4 Å². The molecule has 0 aliphatic heterocycles. The molecule has 0 aromatic heterocycles. The number of ether oxygens (including phenoxy) is 1. The van der Waals surface area contributed by atoms with Crippen molar-refractivity contribution in [3.8, 4) is 0 Å². The van der Waals surface area contributed by atoms with Crippen LogP contribution in [-0.4, -0.2) is 19.3 Å². The second-order valence-electron chi connectivity index (χ2n) is 4.22. The van der Waals surface area contributed by atoms with Crippen LogP contribution in [0.4, 0.5) is 10.1 Å². The Labute approximate surface area is 94.8 Å². The molecule has 0 atom stereocenters. The molecule has 1 saturated carbocycles. The Morgan fingerprint density at radius 3 is 2.94 bits per heavy atom. The van der Waals surface area contributed by atoms with Gasteiger partial charge in [0.25, 0.3) is 0 Å². The number of nitrogens with one attached hydrogen (secondary N) is 1. The van der Waals surface area contributed by atoms with Crippen molar-refractivity contribution in [1.82, 2.24) is 5.32 Å². The SMILES string of the molecule is COC1CC(NCc2cccc(F)c2N)C1. The Morgan fingerprint density at radius 2 is 2.25 bits per heavy atom. The zero-order valence-electron chi connectivity index (χ0n) is 9.37.